The lowest BCUT2D eigenvalue weighted by molar-refractivity contribution is -0.126. The number of amides is 1. The Labute approximate surface area is 175 Å². The van der Waals surface area contributed by atoms with E-state index in [0.717, 1.165) is 29.4 Å². The van der Waals surface area contributed by atoms with Gasteiger partial charge in [-0.2, -0.15) is 0 Å². The molecule has 29 heavy (non-hydrogen) atoms. The van der Waals surface area contributed by atoms with Crippen LogP contribution in [0.4, 0.5) is 5.69 Å². The van der Waals surface area contributed by atoms with Crippen LogP contribution < -0.4 is 19.1 Å². The summed E-state index contributed by atoms with van der Waals surface area (Å²) in [6.07, 6.45) is 3.39. The summed E-state index contributed by atoms with van der Waals surface area (Å²) < 4.78 is 16.6. The molecule has 0 aliphatic carbocycles. The van der Waals surface area contributed by atoms with Crippen molar-refractivity contribution < 1.29 is 19.0 Å². The zero-order valence-electron chi connectivity index (χ0n) is 16.3. The van der Waals surface area contributed by atoms with Crippen LogP contribution in [-0.2, 0) is 4.79 Å². The summed E-state index contributed by atoms with van der Waals surface area (Å²) in [5.41, 5.74) is 1.96. The van der Waals surface area contributed by atoms with Gasteiger partial charge in [0.05, 0.1) is 7.11 Å². The number of fused-ring (bicyclic) bond motifs is 1. The zero-order chi connectivity index (χ0) is 20.2. The van der Waals surface area contributed by atoms with Crippen molar-refractivity contribution in [2.75, 3.05) is 51.4 Å². The Morgan fingerprint density at radius 2 is 1.79 bits per heavy atom. The van der Waals surface area contributed by atoms with Crippen LogP contribution in [0.2, 0.25) is 5.02 Å². The lowest BCUT2D eigenvalue weighted by atomic mass is 10.1. The van der Waals surface area contributed by atoms with Gasteiger partial charge in [0.1, 0.15) is 13.2 Å². The van der Waals surface area contributed by atoms with Crippen LogP contribution in [0, 0.1) is 0 Å². The largest absolute Gasteiger partial charge is 0.493 e. The number of halogens is 1. The number of hydrogen-bond donors (Lipinski definition) is 0. The average molecular weight is 415 g/mol. The molecule has 1 saturated heterocycles. The monoisotopic (exact) mass is 414 g/mol. The fourth-order valence-corrected chi connectivity index (χ4v) is 3.63. The lowest BCUT2D eigenvalue weighted by Gasteiger charge is -2.35. The molecule has 1 amide bonds. The van der Waals surface area contributed by atoms with E-state index in [-0.39, 0.29) is 5.91 Å². The third kappa shape index (κ3) is 4.43. The third-order valence-corrected chi connectivity index (χ3v) is 5.30. The lowest BCUT2D eigenvalue weighted by Crippen LogP contribution is -2.48. The summed E-state index contributed by atoms with van der Waals surface area (Å²) in [6.45, 7) is 3.93. The molecule has 2 heterocycles. The summed E-state index contributed by atoms with van der Waals surface area (Å²) >= 11 is 5.96. The number of piperazine rings is 1. The molecule has 0 spiro atoms. The van der Waals surface area contributed by atoms with Gasteiger partial charge in [-0.05, 0) is 48.0 Å². The predicted octanol–water partition coefficient (Wildman–Crippen LogP) is 3.48. The highest BCUT2D eigenvalue weighted by Crippen LogP contribution is 2.40. The number of carbonyl (C=O) groups is 1. The summed E-state index contributed by atoms with van der Waals surface area (Å²) in [5.74, 6) is 1.85. The standard InChI is InChI=1S/C22H23ClN2O4/c1-27-19-14-16(15-20-22(19)29-13-12-28-20)2-7-21(26)25-10-8-24(9-11-25)18-5-3-17(23)4-6-18/h2-7,14-15H,8-13H2,1H3. The number of rotatable bonds is 4. The number of anilines is 1. The number of benzene rings is 2. The van der Waals surface area contributed by atoms with Gasteiger partial charge in [0.2, 0.25) is 11.7 Å². The van der Waals surface area contributed by atoms with Gasteiger partial charge in [-0.3, -0.25) is 4.79 Å². The molecular weight excluding hydrogens is 392 g/mol. The van der Waals surface area contributed by atoms with E-state index in [1.54, 1.807) is 19.3 Å². The molecule has 0 atom stereocenters. The Bertz CT molecular complexity index is 889. The van der Waals surface area contributed by atoms with Crippen molar-refractivity contribution in [1.29, 1.82) is 0 Å². The molecule has 7 heteroatoms. The van der Waals surface area contributed by atoms with Crippen LogP contribution in [0.15, 0.2) is 42.5 Å². The van der Waals surface area contributed by atoms with E-state index < -0.39 is 0 Å². The van der Waals surface area contributed by atoms with Crippen LogP contribution in [0.1, 0.15) is 5.56 Å². The first kappa shape index (κ1) is 19.5. The fraction of sp³-hybridized carbons (Fsp3) is 0.318. The topological polar surface area (TPSA) is 51.2 Å². The summed E-state index contributed by atoms with van der Waals surface area (Å²) in [7, 11) is 1.59. The first-order valence-corrected chi connectivity index (χ1v) is 9.97. The number of carbonyl (C=O) groups excluding carboxylic acids is 1. The highest BCUT2D eigenvalue weighted by Gasteiger charge is 2.21. The smallest absolute Gasteiger partial charge is 0.246 e. The van der Waals surface area contributed by atoms with Crippen LogP contribution in [0.5, 0.6) is 17.2 Å². The quantitative estimate of drug-likeness (QED) is 0.717. The minimum absolute atomic E-state index is 0.00499. The molecule has 6 nitrogen and oxygen atoms in total. The van der Waals surface area contributed by atoms with Crippen molar-refractivity contribution in [3.05, 3.63) is 53.1 Å². The first-order valence-electron chi connectivity index (χ1n) is 9.59. The molecule has 152 valence electrons. The van der Waals surface area contributed by atoms with E-state index in [9.17, 15) is 4.79 Å². The van der Waals surface area contributed by atoms with Crippen molar-refractivity contribution >= 4 is 29.3 Å². The predicted molar refractivity (Wildman–Crippen MR) is 113 cm³/mol. The van der Waals surface area contributed by atoms with Gasteiger partial charge in [-0.1, -0.05) is 11.6 Å². The number of hydrogen-bond acceptors (Lipinski definition) is 5. The normalized spacial score (nSPS) is 16.2. The number of methoxy groups -OCH3 is 1. The highest BCUT2D eigenvalue weighted by atomic mass is 35.5. The van der Waals surface area contributed by atoms with Crippen molar-refractivity contribution in [1.82, 2.24) is 4.90 Å². The molecule has 0 unspecified atom stereocenters. The fourth-order valence-electron chi connectivity index (χ4n) is 3.50. The second-order valence-corrected chi connectivity index (χ2v) is 7.31. The summed E-state index contributed by atoms with van der Waals surface area (Å²) in [6, 6.07) is 11.5. The number of ether oxygens (including phenoxy) is 3. The summed E-state index contributed by atoms with van der Waals surface area (Å²) in [5, 5.41) is 0.725. The van der Waals surface area contributed by atoms with Crippen molar-refractivity contribution in [2.24, 2.45) is 0 Å². The second kappa shape index (κ2) is 8.66. The van der Waals surface area contributed by atoms with Crippen molar-refractivity contribution in [3.8, 4) is 17.2 Å². The van der Waals surface area contributed by atoms with E-state index in [1.165, 1.54) is 0 Å². The first-order chi connectivity index (χ1) is 14.1. The van der Waals surface area contributed by atoms with Crippen molar-refractivity contribution in [3.63, 3.8) is 0 Å². The van der Waals surface area contributed by atoms with E-state index >= 15 is 0 Å². The molecule has 2 aromatic carbocycles. The maximum absolute atomic E-state index is 12.6. The van der Waals surface area contributed by atoms with Gasteiger partial charge >= 0.3 is 0 Å². The molecule has 0 N–H and O–H groups in total. The Balaban J connectivity index is 1.38. The van der Waals surface area contributed by atoms with Gasteiger partial charge in [-0.25, -0.2) is 0 Å². The summed E-state index contributed by atoms with van der Waals surface area (Å²) in [4.78, 5) is 16.7. The van der Waals surface area contributed by atoms with E-state index in [2.05, 4.69) is 4.90 Å². The molecule has 2 aromatic rings. The molecule has 0 radical (unpaired) electrons. The molecular formula is C22H23ClN2O4. The van der Waals surface area contributed by atoms with Crippen LogP contribution in [0.25, 0.3) is 6.08 Å². The third-order valence-electron chi connectivity index (χ3n) is 5.05. The SMILES string of the molecule is COc1cc(C=CC(=O)N2CCN(c3ccc(Cl)cc3)CC2)cc2c1OCCO2. The molecule has 1 fully saturated rings. The van der Waals surface area contributed by atoms with E-state index in [0.29, 0.717) is 43.6 Å². The van der Waals surface area contributed by atoms with E-state index in [4.69, 9.17) is 25.8 Å². The minimum Gasteiger partial charge on any atom is -0.493 e. The van der Waals surface area contributed by atoms with Crippen LogP contribution in [0.3, 0.4) is 0 Å². The molecule has 0 aromatic heterocycles. The van der Waals surface area contributed by atoms with Gasteiger partial charge < -0.3 is 24.0 Å². The minimum atomic E-state index is -0.00499. The van der Waals surface area contributed by atoms with Gasteiger partial charge in [0.15, 0.2) is 11.5 Å². The maximum Gasteiger partial charge on any atom is 0.246 e. The number of nitrogens with zero attached hydrogens (tertiary/aromatic N) is 2. The molecule has 4 rings (SSSR count). The molecule has 2 aliphatic heterocycles. The molecule has 0 bridgehead atoms. The zero-order valence-corrected chi connectivity index (χ0v) is 17.0. The Hall–Kier alpha value is -2.86. The van der Waals surface area contributed by atoms with Gasteiger partial charge in [0.25, 0.3) is 0 Å². The van der Waals surface area contributed by atoms with Crippen LogP contribution >= 0.6 is 11.6 Å². The highest BCUT2D eigenvalue weighted by molar-refractivity contribution is 6.30. The van der Waals surface area contributed by atoms with E-state index in [1.807, 2.05) is 41.3 Å². The molecule has 2 aliphatic rings. The van der Waals surface area contributed by atoms with Gasteiger partial charge in [0, 0.05) is 43.0 Å². The maximum atomic E-state index is 12.6. The Morgan fingerprint density at radius 1 is 1.07 bits per heavy atom. The van der Waals surface area contributed by atoms with Gasteiger partial charge in [-0.15, -0.1) is 0 Å². The Kier molecular flexibility index (Phi) is 5.81. The second-order valence-electron chi connectivity index (χ2n) is 6.87. The average Bonchev–Trinajstić information content (AvgIpc) is 2.77. The van der Waals surface area contributed by atoms with Crippen LogP contribution in [-0.4, -0.2) is 57.3 Å². The molecule has 0 saturated carbocycles. The van der Waals surface area contributed by atoms with Crippen molar-refractivity contribution in [2.45, 2.75) is 0 Å². The Morgan fingerprint density at radius 3 is 2.52 bits per heavy atom.